The van der Waals surface area contributed by atoms with Crippen LogP contribution < -0.4 is 10.2 Å². The third kappa shape index (κ3) is 3.44. The van der Waals surface area contributed by atoms with Crippen molar-refractivity contribution in [2.24, 2.45) is 0 Å². The van der Waals surface area contributed by atoms with Crippen molar-refractivity contribution in [1.82, 2.24) is 4.90 Å². The van der Waals surface area contributed by atoms with Gasteiger partial charge in [0.05, 0.1) is 0 Å². The van der Waals surface area contributed by atoms with Gasteiger partial charge in [-0.3, -0.25) is 9.69 Å². The molecule has 1 heterocycles. The van der Waals surface area contributed by atoms with Gasteiger partial charge in [0.1, 0.15) is 6.04 Å². The van der Waals surface area contributed by atoms with Gasteiger partial charge in [-0.2, -0.15) is 0 Å². The van der Waals surface area contributed by atoms with Crippen LogP contribution in [0.3, 0.4) is 0 Å². The van der Waals surface area contributed by atoms with Crippen LogP contribution in [0.2, 0.25) is 5.02 Å². The van der Waals surface area contributed by atoms with Crippen molar-refractivity contribution in [3.63, 3.8) is 0 Å². The van der Waals surface area contributed by atoms with Gasteiger partial charge in [-0.25, -0.2) is 0 Å². The van der Waals surface area contributed by atoms with Gasteiger partial charge >= 0.3 is 0 Å². The second-order valence-electron chi connectivity index (χ2n) is 6.85. The Bertz CT molecular complexity index is 784. The molecule has 3 rings (SSSR count). The first-order valence-electron chi connectivity index (χ1n) is 9.07. The summed E-state index contributed by atoms with van der Waals surface area (Å²) in [4.78, 5) is 17.3. The predicted octanol–water partition coefficient (Wildman–Crippen LogP) is 4.20. The van der Waals surface area contributed by atoms with Crippen LogP contribution >= 0.6 is 11.6 Å². The molecule has 2 aromatic carbocycles. The van der Waals surface area contributed by atoms with Crippen LogP contribution in [0.4, 0.5) is 11.4 Å². The summed E-state index contributed by atoms with van der Waals surface area (Å²) in [6.07, 6.45) is 0. The average Bonchev–Trinajstić information content (AvgIpc) is 2.63. The van der Waals surface area contributed by atoms with E-state index in [1.54, 1.807) is 0 Å². The molecule has 0 bridgehead atoms. The first kappa shape index (κ1) is 18.7. The zero-order chi connectivity index (χ0) is 18.8. The van der Waals surface area contributed by atoms with Crippen LogP contribution in [-0.4, -0.2) is 44.0 Å². The molecule has 0 fully saturated rings. The van der Waals surface area contributed by atoms with Gasteiger partial charge in [0.15, 0.2) is 0 Å². The molecular weight excluding hydrogens is 346 g/mol. The average molecular weight is 372 g/mol. The minimum Gasteiger partial charge on any atom is -0.378 e. The molecule has 4 nitrogen and oxygen atoms in total. The molecule has 138 valence electrons. The number of carbonyl (C=O) groups is 1. The van der Waals surface area contributed by atoms with Gasteiger partial charge in [-0.05, 0) is 54.5 Å². The predicted molar refractivity (Wildman–Crippen MR) is 109 cm³/mol. The van der Waals surface area contributed by atoms with Crippen molar-refractivity contribution >= 4 is 28.9 Å². The molecule has 1 aliphatic rings. The number of fused-ring (bicyclic) bond motifs is 1. The number of nitrogens with zero attached hydrogens (tertiary/aromatic N) is 2. The van der Waals surface area contributed by atoms with Gasteiger partial charge in [0.25, 0.3) is 0 Å². The van der Waals surface area contributed by atoms with E-state index < -0.39 is 0 Å². The minimum absolute atomic E-state index is 0.0465. The normalized spacial score (nSPS) is 19.2. The van der Waals surface area contributed by atoms with Gasteiger partial charge in [-0.1, -0.05) is 37.6 Å². The number of amides is 1. The Kier molecular flexibility index (Phi) is 5.54. The van der Waals surface area contributed by atoms with Crippen LogP contribution in [0.1, 0.15) is 30.9 Å². The maximum atomic E-state index is 13.0. The van der Waals surface area contributed by atoms with Gasteiger partial charge < -0.3 is 10.2 Å². The largest absolute Gasteiger partial charge is 0.378 e. The van der Waals surface area contributed by atoms with Crippen LogP contribution in [0.5, 0.6) is 0 Å². The van der Waals surface area contributed by atoms with Crippen molar-refractivity contribution in [2.45, 2.75) is 25.8 Å². The SMILES string of the molecule is CCN(CC)C1C(=O)Nc2ccc(Cl)cc2C1c1ccc(N(C)C)cc1. The molecule has 26 heavy (non-hydrogen) atoms. The van der Waals surface area contributed by atoms with Crippen LogP contribution in [0.15, 0.2) is 42.5 Å². The Labute approximate surface area is 160 Å². The lowest BCUT2D eigenvalue weighted by Gasteiger charge is -2.39. The highest BCUT2D eigenvalue weighted by molar-refractivity contribution is 6.30. The number of halogens is 1. The fourth-order valence-electron chi connectivity index (χ4n) is 3.77. The smallest absolute Gasteiger partial charge is 0.242 e. The summed E-state index contributed by atoms with van der Waals surface area (Å²) < 4.78 is 0. The topological polar surface area (TPSA) is 35.6 Å². The van der Waals surface area contributed by atoms with E-state index in [-0.39, 0.29) is 17.9 Å². The first-order chi connectivity index (χ1) is 12.5. The van der Waals surface area contributed by atoms with Crippen LogP contribution in [0, 0.1) is 0 Å². The highest BCUT2D eigenvalue weighted by atomic mass is 35.5. The maximum absolute atomic E-state index is 13.0. The summed E-state index contributed by atoms with van der Waals surface area (Å²) in [6.45, 7) is 5.82. The van der Waals surface area contributed by atoms with E-state index in [1.165, 1.54) is 0 Å². The van der Waals surface area contributed by atoms with E-state index in [2.05, 4.69) is 53.2 Å². The summed E-state index contributed by atoms with van der Waals surface area (Å²) >= 11 is 6.29. The third-order valence-corrected chi connectivity index (χ3v) is 5.40. The van der Waals surface area contributed by atoms with E-state index in [0.717, 1.165) is 35.6 Å². The Hall–Kier alpha value is -2.04. The fourth-order valence-corrected chi connectivity index (χ4v) is 3.95. The number of benzene rings is 2. The monoisotopic (exact) mass is 371 g/mol. The van der Waals surface area contributed by atoms with Crippen molar-refractivity contribution in [2.75, 3.05) is 37.4 Å². The zero-order valence-electron chi connectivity index (χ0n) is 15.8. The molecule has 0 spiro atoms. The number of anilines is 2. The lowest BCUT2D eigenvalue weighted by molar-refractivity contribution is -0.122. The van der Waals surface area contributed by atoms with Gasteiger partial charge in [0.2, 0.25) is 5.91 Å². The third-order valence-electron chi connectivity index (χ3n) is 5.17. The molecule has 0 saturated carbocycles. The number of likely N-dealkylation sites (N-methyl/N-ethyl adjacent to an activating group) is 1. The molecule has 0 aliphatic carbocycles. The summed E-state index contributed by atoms with van der Waals surface area (Å²) in [5.41, 5.74) is 4.20. The second-order valence-corrected chi connectivity index (χ2v) is 7.29. The van der Waals surface area contributed by atoms with E-state index in [9.17, 15) is 4.79 Å². The number of carbonyl (C=O) groups excluding carboxylic acids is 1. The van der Waals surface area contributed by atoms with Gasteiger partial charge in [-0.15, -0.1) is 0 Å². The number of rotatable bonds is 5. The molecule has 5 heteroatoms. The number of hydrogen-bond acceptors (Lipinski definition) is 3. The summed E-state index contributed by atoms with van der Waals surface area (Å²) in [6, 6.07) is 13.9. The molecule has 1 amide bonds. The quantitative estimate of drug-likeness (QED) is 0.855. The first-order valence-corrected chi connectivity index (χ1v) is 9.45. The van der Waals surface area contributed by atoms with Crippen molar-refractivity contribution in [1.29, 1.82) is 0 Å². The number of hydrogen-bond donors (Lipinski definition) is 1. The van der Waals surface area contributed by atoms with Crippen molar-refractivity contribution in [3.05, 3.63) is 58.6 Å². The van der Waals surface area contributed by atoms with Crippen LogP contribution in [0.25, 0.3) is 0 Å². The molecule has 2 unspecified atom stereocenters. The molecule has 0 saturated heterocycles. The number of nitrogens with one attached hydrogen (secondary N) is 1. The Morgan fingerprint density at radius 1 is 1.04 bits per heavy atom. The second kappa shape index (κ2) is 7.68. The molecule has 0 aromatic heterocycles. The lowest BCUT2D eigenvalue weighted by Crippen LogP contribution is -2.50. The van der Waals surface area contributed by atoms with E-state index in [0.29, 0.717) is 5.02 Å². The molecule has 0 radical (unpaired) electrons. The highest BCUT2D eigenvalue weighted by Gasteiger charge is 2.39. The Morgan fingerprint density at radius 3 is 2.27 bits per heavy atom. The minimum atomic E-state index is -0.249. The molecule has 2 atom stereocenters. The van der Waals surface area contributed by atoms with E-state index >= 15 is 0 Å². The lowest BCUT2D eigenvalue weighted by atomic mass is 9.80. The maximum Gasteiger partial charge on any atom is 0.242 e. The van der Waals surface area contributed by atoms with Crippen molar-refractivity contribution < 1.29 is 4.79 Å². The molecule has 1 aliphatic heterocycles. The van der Waals surface area contributed by atoms with E-state index in [4.69, 9.17) is 11.6 Å². The summed E-state index contributed by atoms with van der Waals surface area (Å²) in [5.74, 6) is -0.00114. The van der Waals surface area contributed by atoms with Gasteiger partial charge in [0, 0.05) is 36.4 Å². The summed E-state index contributed by atoms with van der Waals surface area (Å²) in [7, 11) is 4.05. The van der Waals surface area contributed by atoms with Crippen LogP contribution in [-0.2, 0) is 4.79 Å². The van der Waals surface area contributed by atoms with Crippen molar-refractivity contribution in [3.8, 4) is 0 Å². The molecule has 1 N–H and O–H groups in total. The highest BCUT2D eigenvalue weighted by Crippen LogP contribution is 2.41. The molecular formula is C21H26ClN3O. The molecule has 2 aromatic rings. The Balaban J connectivity index is 2.14. The van der Waals surface area contributed by atoms with E-state index in [1.807, 2.05) is 32.3 Å². The zero-order valence-corrected chi connectivity index (χ0v) is 16.5. The standard InChI is InChI=1S/C21H26ClN3O/c1-5-25(6-2)20-19(14-7-10-16(11-8-14)24(3)4)17-13-15(22)9-12-18(17)23-21(20)26/h7-13,19-20H,5-6H2,1-4H3,(H,23,26). The Morgan fingerprint density at radius 2 is 1.69 bits per heavy atom. The fraction of sp³-hybridized carbons (Fsp3) is 0.381. The summed E-state index contributed by atoms with van der Waals surface area (Å²) in [5, 5.41) is 3.76.